The van der Waals surface area contributed by atoms with E-state index in [1.165, 1.54) is 17.0 Å². The normalized spacial score (nSPS) is 19.5. The number of rotatable bonds is 4. The molecule has 1 saturated heterocycles. The van der Waals surface area contributed by atoms with Crippen LogP contribution in [0, 0.1) is 0 Å². The van der Waals surface area contributed by atoms with Gasteiger partial charge in [0.1, 0.15) is 0 Å². The molecule has 0 bridgehead atoms. The fourth-order valence-electron chi connectivity index (χ4n) is 2.48. The van der Waals surface area contributed by atoms with E-state index >= 15 is 0 Å². The van der Waals surface area contributed by atoms with Crippen LogP contribution in [-0.2, 0) is 13.0 Å². The molecule has 0 radical (unpaired) electrons. The molecular weight excluding hydrogens is 266 g/mol. The summed E-state index contributed by atoms with van der Waals surface area (Å²) >= 11 is 7.61. The average molecular weight is 282 g/mol. The van der Waals surface area contributed by atoms with Crippen LogP contribution in [0.1, 0.15) is 22.9 Å². The Kier molecular flexibility index (Phi) is 3.68. The van der Waals surface area contributed by atoms with Crippen molar-refractivity contribution in [1.29, 1.82) is 0 Å². The van der Waals surface area contributed by atoms with Gasteiger partial charge in [-0.1, -0.05) is 11.6 Å². The van der Waals surface area contributed by atoms with Crippen LogP contribution in [0.25, 0.3) is 0 Å². The number of aromatic nitrogens is 2. The lowest BCUT2D eigenvalue weighted by Gasteiger charge is -2.12. The number of nitrogens with one attached hydrogen (secondary N) is 1. The summed E-state index contributed by atoms with van der Waals surface area (Å²) in [6.45, 7) is 3.19. The van der Waals surface area contributed by atoms with E-state index in [2.05, 4.69) is 20.9 Å². The number of imidazole rings is 1. The monoisotopic (exact) mass is 281 g/mol. The Morgan fingerprint density at radius 1 is 1.50 bits per heavy atom. The Balaban J connectivity index is 1.67. The molecule has 2 aromatic heterocycles. The number of thiophene rings is 1. The molecule has 0 saturated carbocycles. The molecule has 1 N–H and O–H groups in total. The lowest BCUT2D eigenvalue weighted by atomic mass is 10.1. The summed E-state index contributed by atoms with van der Waals surface area (Å²) in [5.41, 5.74) is 1.36. The lowest BCUT2D eigenvalue weighted by molar-refractivity contribution is 0.615. The third kappa shape index (κ3) is 2.60. The summed E-state index contributed by atoms with van der Waals surface area (Å²) in [5.74, 6) is 0.624. The fourth-order valence-corrected chi connectivity index (χ4v) is 3.56. The maximum absolute atomic E-state index is 5.95. The van der Waals surface area contributed by atoms with Crippen LogP contribution >= 0.6 is 22.9 Å². The zero-order valence-corrected chi connectivity index (χ0v) is 11.7. The van der Waals surface area contributed by atoms with E-state index < -0.39 is 0 Å². The summed E-state index contributed by atoms with van der Waals surface area (Å²) in [6.07, 6.45) is 6.21. The van der Waals surface area contributed by atoms with Gasteiger partial charge in [-0.3, -0.25) is 0 Å². The van der Waals surface area contributed by atoms with Crippen LogP contribution < -0.4 is 5.32 Å². The molecule has 5 heteroatoms. The van der Waals surface area contributed by atoms with Gasteiger partial charge in [-0.15, -0.1) is 11.3 Å². The van der Waals surface area contributed by atoms with Gasteiger partial charge >= 0.3 is 0 Å². The van der Waals surface area contributed by atoms with E-state index in [0.29, 0.717) is 5.92 Å². The summed E-state index contributed by atoms with van der Waals surface area (Å²) in [5, 5.41) is 3.41. The molecule has 1 aliphatic rings. The molecule has 1 atom stereocenters. The SMILES string of the molecule is Clc1ccc(CCn2cncc2C2CCNC2)s1. The van der Waals surface area contributed by atoms with Gasteiger partial charge < -0.3 is 9.88 Å². The van der Waals surface area contributed by atoms with Gasteiger partial charge in [0.05, 0.1) is 10.7 Å². The first-order valence-corrected chi connectivity index (χ1v) is 7.47. The van der Waals surface area contributed by atoms with Gasteiger partial charge in [-0.2, -0.15) is 0 Å². The van der Waals surface area contributed by atoms with Crippen molar-refractivity contribution in [3.8, 4) is 0 Å². The average Bonchev–Trinajstić information content (AvgIpc) is 3.07. The zero-order valence-electron chi connectivity index (χ0n) is 10.1. The first-order chi connectivity index (χ1) is 8.83. The second kappa shape index (κ2) is 5.43. The van der Waals surface area contributed by atoms with Crippen molar-refractivity contribution >= 4 is 22.9 Å². The van der Waals surface area contributed by atoms with Crippen molar-refractivity contribution in [2.75, 3.05) is 13.1 Å². The predicted octanol–water partition coefficient (Wildman–Crippen LogP) is 2.92. The third-order valence-corrected chi connectivity index (χ3v) is 4.74. The van der Waals surface area contributed by atoms with E-state index in [-0.39, 0.29) is 0 Å². The van der Waals surface area contributed by atoms with Crippen LogP contribution in [0.15, 0.2) is 24.7 Å². The van der Waals surface area contributed by atoms with Crippen molar-refractivity contribution in [2.45, 2.75) is 25.3 Å². The molecule has 0 aromatic carbocycles. The molecule has 0 amide bonds. The maximum Gasteiger partial charge on any atom is 0.0948 e. The van der Waals surface area contributed by atoms with E-state index in [0.717, 1.165) is 30.4 Å². The van der Waals surface area contributed by atoms with Crippen LogP contribution in [0.4, 0.5) is 0 Å². The Morgan fingerprint density at radius 3 is 3.17 bits per heavy atom. The standard InChI is InChI=1S/C13H16ClN3S/c14-13-2-1-11(18-13)4-6-17-9-16-8-12(17)10-3-5-15-7-10/h1-2,8-10,15H,3-7H2. The molecule has 96 valence electrons. The number of halogens is 1. The highest BCUT2D eigenvalue weighted by molar-refractivity contribution is 7.16. The number of nitrogens with zero attached hydrogens (tertiary/aromatic N) is 2. The van der Waals surface area contributed by atoms with Crippen molar-refractivity contribution in [3.05, 3.63) is 39.6 Å². The summed E-state index contributed by atoms with van der Waals surface area (Å²) < 4.78 is 3.15. The highest BCUT2D eigenvalue weighted by atomic mass is 35.5. The van der Waals surface area contributed by atoms with Gasteiger partial charge in [-0.25, -0.2) is 4.98 Å². The smallest absolute Gasteiger partial charge is 0.0948 e. The molecule has 3 nitrogen and oxygen atoms in total. The minimum Gasteiger partial charge on any atom is -0.334 e. The first-order valence-electron chi connectivity index (χ1n) is 6.28. The molecule has 1 fully saturated rings. The van der Waals surface area contributed by atoms with E-state index in [9.17, 15) is 0 Å². The lowest BCUT2D eigenvalue weighted by Crippen LogP contribution is -2.12. The zero-order chi connectivity index (χ0) is 12.4. The molecule has 1 unspecified atom stereocenters. The minimum atomic E-state index is 0.624. The van der Waals surface area contributed by atoms with E-state index in [1.807, 2.05) is 18.6 Å². The Morgan fingerprint density at radius 2 is 2.44 bits per heavy atom. The predicted molar refractivity (Wildman–Crippen MR) is 75.5 cm³/mol. The Labute approximate surface area is 116 Å². The van der Waals surface area contributed by atoms with Gasteiger partial charge in [0.2, 0.25) is 0 Å². The highest BCUT2D eigenvalue weighted by Gasteiger charge is 2.19. The van der Waals surface area contributed by atoms with Crippen LogP contribution in [0.2, 0.25) is 4.34 Å². The largest absolute Gasteiger partial charge is 0.334 e. The van der Waals surface area contributed by atoms with Gasteiger partial charge in [0.15, 0.2) is 0 Å². The third-order valence-electron chi connectivity index (χ3n) is 3.45. The molecule has 3 heterocycles. The van der Waals surface area contributed by atoms with Gasteiger partial charge in [0.25, 0.3) is 0 Å². The molecule has 0 aliphatic carbocycles. The second-order valence-corrected chi connectivity index (χ2v) is 6.46. The molecule has 2 aromatic rings. The van der Waals surface area contributed by atoms with Crippen LogP contribution in [-0.4, -0.2) is 22.6 Å². The molecular formula is C13H16ClN3S. The quantitative estimate of drug-likeness (QED) is 0.934. The van der Waals surface area contributed by atoms with Gasteiger partial charge in [0, 0.05) is 35.8 Å². The first kappa shape index (κ1) is 12.2. The maximum atomic E-state index is 5.95. The summed E-state index contributed by atoms with van der Waals surface area (Å²) in [4.78, 5) is 5.63. The summed E-state index contributed by atoms with van der Waals surface area (Å²) in [7, 11) is 0. The van der Waals surface area contributed by atoms with Crippen molar-refractivity contribution < 1.29 is 0 Å². The fraction of sp³-hybridized carbons (Fsp3) is 0.462. The number of hydrogen-bond donors (Lipinski definition) is 1. The van der Waals surface area contributed by atoms with Crippen molar-refractivity contribution in [2.24, 2.45) is 0 Å². The number of hydrogen-bond acceptors (Lipinski definition) is 3. The Bertz CT molecular complexity index is 514. The van der Waals surface area contributed by atoms with E-state index in [4.69, 9.17) is 11.6 Å². The minimum absolute atomic E-state index is 0.624. The molecule has 1 aliphatic heterocycles. The van der Waals surface area contributed by atoms with Crippen molar-refractivity contribution in [3.63, 3.8) is 0 Å². The summed E-state index contributed by atoms with van der Waals surface area (Å²) in [6, 6.07) is 4.08. The Hall–Kier alpha value is -0.840. The van der Waals surface area contributed by atoms with E-state index in [1.54, 1.807) is 11.3 Å². The second-order valence-electron chi connectivity index (χ2n) is 4.66. The van der Waals surface area contributed by atoms with Crippen LogP contribution in [0.3, 0.4) is 0 Å². The molecule has 3 rings (SSSR count). The highest BCUT2D eigenvalue weighted by Crippen LogP contribution is 2.24. The molecule has 0 spiro atoms. The molecule has 18 heavy (non-hydrogen) atoms. The van der Waals surface area contributed by atoms with Gasteiger partial charge in [-0.05, 0) is 31.5 Å². The number of aryl methyl sites for hydroxylation is 2. The topological polar surface area (TPSA) is 29.9 Å². The van der Waals surface area contributed by atoms with Crippen LogP contribution in [0.5, 0.6) is 0 Å². The van der Waals surface area contributed by atoms with Crippen molar-refractivity contribution in [1.82, 2.24) is 14.9 Å².